The summed E-state index contributed by atoms with van der Waals surface area (Å²) in [5.74, 6) is 0.835. The Labute approximate surface area is 120 Å². The quantitative estimate of drug-likeness (QED) is 0.784. The fraction of sp³-hybridized carbons (Fsp3) is 0.571. The molecule has 0 spiro atoms. The molecule has 0 bridgehead atoms. The van der Waals surface area contributed by atoms with Gasteiger partial charge in [-0.2, -0.15) is 4.31 Å². The zero-order chi connectivity index (χ0) is 14.2. The number of rotatable bonds is 5. The number of aryl methyl sites for hydroxylation is 1. The summed E-state index contributed by atoms with van der Waals surface area (Å²) in [4.78, 5) is 0.376. The predicted molar refractivity (Wildman–Crippen MR) is 77.9 cm³/mol. The van der Waals surface area contributed by atoms with E-state index in [9.17, 15) is 8.42 Å². The van der Waals surface area contributed by atoms with E-state index in [1.54, 1.807) is 13.1 Å². The Morgan fingerprint density at radius 3 is 2.58 bits per heavy atom. The molecule has 1 aromatic carbocycles. The maximum absolute atomic E-state index is 12.7. The third-order valence-corrected chi connectivity index (χ3v) is 6.34. The molecule has 106 valence electrons. The van der Waals surface area contributed by atoms with E-state index in [1.165, 1.54) is 4.31 Å². The van der Waals surface area contributed by atoms with Gasteiger partial charge < -0.3 is 0 Å². The van der Waals surface area contributed by atoms with Crippen molar-refractivity contribution in [3.8, 4) is 0 Å². The van der Waals surface area contributed by atoms with Crippen molar-refractivity contribution in [3.05, 3.63) is 29.3 Å². The topological polar surface area (TPSA) is 37.4 Å². The van der Waals surface area contributed by atoms with E-state index in [0.29, 0.717) is 16.7 Å². The van der Waals surface area contributed by atoms with E-state index in [0.717, 1.165) is 24.0 Å². The Balaban J connectivity index is 2.37. The van der Waals surface area contributed by atoms with Crippen molar-refractivity contribution in [1.29, 1.82) is 0 Å². The lowest BCUT2D eigenvalue weighted by molar-refractivity contribution is 0.357. The first kappa shape index (κ1) is 14.8. The van der Waals surface area contributed by atoms with Crippen LogP contribution in [0.25, 0.3) is 0 Å². The number of hydrogen-bond acceptors (Lipinski definition) is 2. The molecule has 2 rings (SSSR count). The third-order valence-electron chi connectivity index (χ3n) is 3.94. The standard InChI is InChI=1S/C14H20ClNO2S/c1-10-4-5-12(9-15)8-14(10)19(17,18)16(3)11(2)13-6-7-13/h4-5,8,11,13H,6-7,9H2,1-3H3. The normalized spacial score (nSPS) is 17.7. The number of alkyl halides is 1. The van der Waals surface area contributed by atoms with Crippen LogP contribution in [-0.2, 0) is 15.9 Å². The van der Waals surface area contributed by atoms with Crippen molar-refractivity contribution < 1.29 is 8.42 Å². The van der Waals surface area contributed by atoms with Gasteiger partial charge in [0.15, 0.2) is 0 Å². The summed E-state index contributed by atoms with van der Waals surface area (Å²) in [5, 5.41) is 0. The molecule has 19 heavy (non-hydrogen) atoms. The fourth-order valence-corrected chi connectivity index (χ4v) is 4.12. The number of hydrogen-bond donors (Lipinski definition) is 0. The molecule has 0 radical (unpaired) electrons. The van der Waals surface area contributed by atoms with Crippen molar-refractivity contribution in [2.45, 2.75) is 43.5 Å². The first-order chi connectivity index (χ1) is 8.87. The first-order valence-electron chi connectivity index (χ1n) is 6.51. The summed E-state index contributed by atoms with van der Waals surface area (Å²) in [7, 11) is -1.76. The largest absolute Gasteiger partial charge is 0.243 e. The van der Waals surface area contributed by atoms with Gasteiger partial charge in [0, 0.05) is 19.0 Å². The number of halogens is 1. The Morgan fingerprint density at radius 2 is 2.05 bits per heavy atom. The van der Waals surface area contributed by atoms with Crippen molar-refractivity contribution >= 4 is 21.6 Å². The number of nitrogens with zero attached hydrogens (tertiary/aromatic N) is 1. The molecule has 1 unspecified atom stereocenters. The molecule has 1 atom stereocenters. The van der Waals surface area contributed by atoms with Gasteiger partial charge in [-0.15, -0.1) is 11.6 Å². The monoisotopic (exact) mass is 301 g/mol. The molecule has 1 fully saturated rings. The van der Waals surface area contributed by atoms with E-state index in [4.69, 9.17) is 11.6 Å². The molecule has 1 aliphatic carbocycles. The van der Waals surface area contributed by atoms with Crippen LogP contribution in [0.3, 0.4) is 0 Å². The average Bonchev–Trinajstić information content (AvgIpc) is 3.21. The second kappa shape index (κ2) is 5.43. The minimum atomic E-state index is -3.43. The van der Waals surface area contributed by atoms with Crippen molar-refractivity contribution in [3.63, 3.8) is 0 Å². The molecule has 1 aromatic rings. The van der Waals surface area contributed by atoms with Gasteiger partial charge >= 0.3 is 0 Å². The molecule has 1 aliphatic rings. The Morgan fingerprint density at radius 1 is 1.42 bits per heavy atom. The highest BCUT2D eigenvalue weighted by molar-refractivity contribution is 7.89. The lowest BCUT2D eigenvalue weighted by atomic mass is 10.2. The van der Waals surface area contributed by atoms with Gasteiger partial charge in [-0.1, -0.05) is 12.1 Å². The summed E-state index contributed by atoms with van der Waals surface area (Å²) >= 11 is 5.80. The zero-order valence-corrected chi connectivity index (χ0v) is 13.1. The van der Waals surface area contributed by atoms with Crippen molar-refractivity contribution in [2.75, 3.05) is 7.05 Å². The summed E-state index contributed by atoms with van der Waals surface area (Å²) in [6.45, 7) is 3.80. The highest BCUT2D eigenvalue weighted by atomic mass is 35.5. The van der Waals surface area contributed by atoms with Gasteiger partial charge in [0.05, 0.1) is 4.90 Å². The number of benzene rings is 1. The Hall–Kier alpha value is -0.580. The first-order valence-corrected chi connectivity index (χ1v) is 8.49. The zero-order valence-electron chi connectivity index (χ0n) is 11.6. The van der Waals surface area contributed by atoms with Crippen LogP contribution in [0.4, 0.5) is 0 Å². The maximum atomic E-state index is 12.7. The van der Waals surface area contributed by atoms with E-state index < -0.39 is 10.0 Å². The lowest BCUT2D eigenvalue weighted by Gasteiger charge is -2.25. The summed E-state index contributed by atoms with van der Waals surface area (Å²) in [6.07, 6.45) is 2.25. The van der Waals surface area contributed by atoms with E-state index in [-0.39, 0.29) is 6.04 Å². The van der Waals surface area contributed by atoms with Crippen molar-refractivity contribution in [1.82, 2.24) is 4.31 Å². The Kier molecular flexibility index (Phi) is 4.23. The van der Waals surface area contributed by atoms with E-state index >= 15 is 0 Å². The van der Waals surface area contributed by atoms with Crippen LogP contribution >= 0.6 is 11.6 Å². The molecule has 0 saturated heterocycles. The molecule has 3 nitrogen and oxygen atoms in total. The van der Waals surface area contributed by atoms with Crippen LogP contribution < -0.4 is 0 Å². The van der Waals surface area contributed by atoms with Crippen molar-refractivity contribution in [2.24, 2.45) is 5.92 Å². The summed E-state index contributed by atoms with van der Waals surface area (Å²) in [6, 6.07) is 5.43. The second-order valence-corrected chi connectivity index (χ2v) is 7.57. The molecule has 0 aliphatic heterocycles. The molecule has 5 heteroatoms. The smallest absolute Gasteiger partial charge is 0.207 e. The van der Waals surface area contributed by atoms with Crippen LogP contribution in [0.15, 0.2) is 23.1 Å². The van der Waals surface area contributed by atoms with Crippen LogP contribution in [0.2, 0.25) is 0 Å². The average molecular weight is 302 g/mol. The molecule has 0 heterocycles. The van der Waals surface area contributed by atoms with Gasteiger partial charge in [0.25, 0.3) is 0 Å². The van der Waals surface area contributed by atoms with Crippen LogP contribution in [-0.4, -0.2) is 25.8 Å². The van der Waals surface area contributed by atoms with E-state index in [1.807, 2.05) is 26.0 Å². The minimum absolute atomic E-state index is 0.0593. The van der Waals surface area contributed by atoms with Gasteiger partial charge in [0.1, 0.15) is 0 Å². The minimum Gasteiger partial charge on any atom is -0.207 e. The fourth-order valence-electron chi connectivity index (χ4n) is 2.26. The predicted octanol–water partition coefficient (Wildman–Crippen LogP) is 3.15. The molecular formula is C14H20ClNO2S. The highest BCUT2D eigenvalue weighted by Gasteiger charge is 2.36. The molecule has 0 aromatic heterocycles. The van der Waals surface area contributed by atoms with Gasteiger partial charge in [-0.25, -0.2) is 8.42 Å². The summed E-state index contributed by atoms with van der Waals surface area (Å²) in [5.41, 5.74) is 1.60. The molecule has 1 saturated carbocycles. The van der Waals surface area contributed by atoms with Gasteiger partial charge in [-0.05, 0) is 49.8 Å². The number of sulfonamides is 1. The molecule has 0 amide bonds. The maximum Gasteiger partial charge on any atom is 0.243 e. The van der Waals surface area contributed by atoms with Gasteiger partial charge in [0.2, 0.25) is 10.0 Å². The SMILES string of the molecule is Cc1ccc(CCl)cc1S(=O)(=O)N(C)C(C)C1CC1. The van der Waals surface area contributed by atoms with Crippen LogP contribution in [0, 0.1) is 12.8 Å². The van der Waals surface area contributed by atoms with E-state index in [2.05, 4.69) is 0 Å². The van der Waals surface area contributed by atoms with Crippen LogP contribution in [0.1, 0.15) is 30.9 Å². The third kappa shape index (κ3) is 2.96. The highest BCUT2D eigenvalue weighted by Crippen LogP contribution is 2.36. The van der Waals surface area contributed by atoms with Crippen LogP contribution in [0.5, 0.6) is 0 Å². The molecule has 0 N–H and O–H groups in total. The lowest BCUT2D eigenvalue weighted by Crippen LogP contribution is -2.36. The van der Waals surface area contributed by atoms with Gasteiger partial charge in [-0.3, -0.25) is 0 Å². The summed E-state index contributed by atoms with van der Waals surface area (Å²) < 4.78 is 26.9. The molecular weight excluding hydrogens is 282 g/mol. The second-order valence-electron chi connectivity index (χ2n) is 5.33. The Bertz CT molecular complexity index is 567.